The number of ether oxygens (including phenoxy) is 2. The minimum atomic E-state index is -0.462. The third-order valence-electron chi connectivity index (χ3n) is 2.83. The van der Waals surface area contributed by atoms with Gasteiger partial charge in [-0.05, 0) is 39.0 Å². The van der Waals surface area contributed by atoms with E-state index in [1.165, 1.54) is 0 Å². The maximum Gasteiger partial charge on any atom is 0.342 e. The Bertz CT molecular complexity index is 635. The average Bonchev–Trinajstić information content (AvgIpc) is 2.90. The molecule has 2 N–H and O–H groups in total. The number of hydrogen-bond donors (Lipinski definition) is 1. The van der Waals surface area contributed by atoms with Gasteiger partial charge in [-0.25, -0.2) is 4.79 Å². The van der Waals surface area contributed by atoms with Crippen LogP contribution < -0.4 is 10.5 Å². The number of nitrogen functional groups attached to an aromatic ring is 1. The summed E-state index contributed by atoms with van der Waals surface area (Å²) >= 11 is 0. The second-order valence-corrected chi connectivity index (χ2v) is 4.83. The SMILES string of the molecule is CCOC(=O)c1cc(N)ccc1Oc1cnn(C(C)C)c1. The van der Waals surface area contributed by atoms with Crippen molar-refractivity contribution >= 4 is 11.7 Å². The predicted molar refractivity (Wildman–Crippen MR) is 79.5 cm³/mol. The van der Waals surface area contributed by atoms with Crippen LogP contribution in [0.3, 0.4) is 0 Å². The molecule has 0 aliphatic heterocycles. The van der Waals surface area contributed by atoms with E-state index in [9.17, 15) is 4.79 Å². The largest absolute Gasteiger partial charge is 0.462 e. The Morgan fingerprint density at radius 1 is 1.43 bits per heavy atom. The number of carbonyl (C=O) groups is 1. The van der Waals surface area contributed by atoms with Crippen LogP contribution in [0.25, 0.3) is 0 Å². The Balaban J connectivity index is 2.28. The fraction of sp³-hybridized carbons (Fsp3) is 0.333. The van der Waals surface area contributed by atoms with Gasteiger partial charge < -0.3 is 15.2 Å². The number of anilines is 1. The van der Waals surface area contributed by atoms with Crippen molar-refractivity contribution < 1.29 is 14.3 Å². The smallest absolute Gasteiger partial charge is 0.342 e. The van der Waals surface area contributed by atoms with Crippen molar-refractivity contribution in [2.45, 2.75) is 26.8 Å². The summed E-state index contributed by atoms with van der Waals surface area (Å²) in [5, 5.41) is 4.19. The fourth-order valence-electron chi connectivity index (χ4n) is 1.79. The number of nitrogens with two attached hydrogens (primary N) is 1. The van der Waals surface area contributed by atoms with E-state index in [1.807, 2.05) is 13.8 Å². The molecule has 0 unspecified atom stereocenters. The third-order valence-corrected chi connectivity index (χ3v) is 2.83. The maximum absolute atomic E-state index is 11.9. The van der Waals surface area contributed by atoms with Gasteiger partial charge in [0.1, 0.15) is 11.3 Å². The molecule has 0 aliphatic carbocycles. The first-order valence-electron chi connectivity index (χ1n) is 6.80. The first-order valence-corrected chi connectivity index (χ1v) is 6.80. The molecular formula is C15H19N3O3. The van der Waals surface area contributed by atoms with Gasteiger partial charge in [0.2, 0.25) is 0 Å². The van der Waals surface area contributed by atoms with Gasteiger partial charge in [0.15, 0.2) is 5.75 Å². The van der Waals surface area contributed by atoms with Crippen LogP contribution in [0.2, 0.25) is 0 Å². The maximum atomic E-state index is 11.9. The Morgan fingerprint density at radius 2 is 2.19 bits per heavy atom. The molecular weight excluding hydrogens is 270 g/mol. The summed E-state index contributed by atoms with van der Waals surface area (Å²) in [7, 11) is 0. The Morgan fingerprint density at radius 3 is 2.81 bits per heavy atom. The molecule has 0 saturated carbocycles. The molecule has 6 heteroatoms. The van der Waals surface area contributed by atoms with Crippen molar-refractivity contribution in [1.82, 2.24) is 9.78 Å². The van der Waals surface area contributed by atoms with Crippen molar-refractivity contribution in [3.8, 4) is 11.5 Å². The van der Waals surface area contributed by atoms with Crippen LogP contribution in [-0.2, 0) is 4.74 Å². The highest BCUT2D eigenvalue weighted by Crippen LogP contribution is 2.28. The van der Waals surface area contributed by atoms with E-state index in [2.05, 4.69) is 5.10 Å². The lowest BCUT2D eigenvalue weighted by atomic mass is 10.2. The second kappa shape index (κ2) is 6.30. The molecule has 2 aromatic rings. The van der Waals surface area contributed by atoms with E-state index >= 15 is 0 Å². The summed E-state index contributed by atoms with van der Waals surface area (Å²) in [5.74, 6) is 0.487. The van der Waals surface area contributed by atoms with E-state index in [0.717, 1.165) is 0 Å². The molecule has 2 rings (SSSR count). The van der Waals surface area contributed by atoms with Crippen LogP contribution in [0.1, 0.15) is 37.2 Å². The minimum Gasteiger partial charge on any atom is -0.462 e. The molecule has 0 bridgehead atoms. The highest BCUT2D eigenvalue weighted by Gasteiger charge is 2.15. The van der Waals surface area contributed by atoms with Crippen LogP contribution in [-0.4, -0.2) is 22.4 Å². The molecule has 0 atom stereocenters. The van der Waals surface area contributed by atoms with Gasteiger partial charge in [0.05, 0.1) is 19.0 Å². The van der Waals surface area contributed by atoms with Gasteiger partial charge in [0.25, 0.3) is 0 Å². The second-order valence-electron chi connectivity index (χ2n) is 4.83. The fourth-order valence-corrected chi connectivity index (χ4v) is 1.79. The van der Waals surface area contributed by atoms with Gasteiger partial charge >= 0.3 is 5.97 Å². The predicted octanol–water partition coefficient (Wildman–Crippen LogP) is 3.02. The van der Waals surface area contributed by atoms with Crippen molar-refractivity contribution in [2.75, 3.05) is 12.3 Å². The Hall–Kier alpha value is -2.50. The molecule has 1 aromatic carbocycles. The Labute approximate surface area is 123 Å². The molecule has 0 saturated heterocycles. The molecule has 112 valence electrons. The molecule has 1 heterocycles. The van der Waals surface area contributed by atoms with E-state index in [1.54, 1.807) is 42.2 Å². The first kappa shape index (κ1) is 14.9. The summed E-state index contributed by atoms with van der Waals surface area (Å²) in [6.45, 7) is 6.07. The van der Waals surface area contributed by atoms with Crippen LogP contribution >= 0.6 is 0 Å². The van der Waals surface area contributed by atoms with E-state index in [0.29, 0.717) is 29.4 Å². The molecule has 0 spiro atoms. The van der Waals surface area contributed by atoms with Crippen molar-refractivity contribution in [3.05, 3.63) is 36.2 Å². The molecule has 1 aromatic heterocycles. The van der Waals surface area contributed by atoms with Crippen LogP contribution in [0.5, 0.6) is 11.5 Å². The van der Waals surface area contributed by atoms with Crippen LogP contribution in [0.15, 0.2) is 30.6 Å². The monoisotopic (exact) mass is 289 g/mol. The zero-order valence-corrected chi connectivity index (χ0v) is 12.4. The van der Waals surface area contributed by atoms with Crippen molar-refractivity contribution in [3.63, 3.8) is 0 Å². The number of benzene rings is 1. The average molecular weight is 289 g/mol. The molecule has 6 nitrogen and oxygen atoms in total. The summed E-state index contributed by atoms with van der Waals surface area (Å²) in [5.41, 5.74) is 6.49. The van der Waals surface area contributed by atoms with Gasteiger partial charge in [-0.3, -0.25) is 4.68 Å². The Kier molecular flexibility index (Phi) is 4.47. The first-order chi connectivity index (χ1) is 10.0. The van der Waals surface area contributed by atoms with E-state index in [-0.39, 0.29) is 6.04 Å². The topological polar surface area (TPSA) is 79.4 Å². The highest BCUT2D eigenvalue weighted by molar-refractivity contribution is 5.93. The molecule has 21 heavy (non-hydrogen) atoms. The number of aromatic nitrogens is 2. The lowest BCUT2D eigenvalue weighted by Crippen LogP contribution is -2.07. The van der Waals surface area contributed by atoms with Crippen molar-refractivity contribution in [2.24, 2.45) is 0 Å². The number of nitrogens with zero attached hydrogens (tertiary/aromatic N) is 2. The normalized spacial score (nSPS) is 10.7. The van der Waals surface area contributed by atoms with E-state index < -0.39 is 5.97 Å². The van der Waals surface area contributed by atoms with Gasteiger partial charge in [-0.2, -0.15) is 5.10 Å². The van der Waals surface area contributed by atoms with Gasteiger partial charge in [0, 0.05) is 11.7 Å². The zero-order chi connectivity index (χ0) is 15.4. The highest BCUT2D eigenvalue weighted by atomic mass is 16.5. The van der Waals surface area contributed by atoms with Crippen LogP contribution in [0.4, 0.5) is 5.69 Å². The zero-order valence-electron chi connectivity index (χ0n) is 12.4. The number of rotatable bonds is 5. The lowest BCUT2D eigenvalue weighted by molar-refractivity contribution is 0.0523. The summed E-state index contributed by atoms with van der Waals surface area (Å²) in [6.07, 6.45) is 3.38. The van der Waals surface area contributed by atoms with Crippen LogP contribution in [0, 0.1) is 0 Å². The molecule has 0 amide bonds. The van der Waals surface area contributed by atoms with Gasteiger partial charge in [-0.15, -0.1) is 0 Å². The van der Waals surface area contributed by atoms with Crippen molar-refractivity contribution in [1.29, 1.82) is 0 Å². The number of carbonyl (C=O) groups excluding carboxylic acids is 1. The minimum absolute atomic E-state index is 0.235. The standard InChI is InChI=1S/C15H19N3O3/c1-4-20-15(19)13-7-11(16)5-6-14(13)21-12-8-17-18(9-12)10(2)3/h5-10H,4,16H2,1-3H3. The summed E-state index contributed by atoms with van der Waals surface area (Å²) in [6, 6.07) is 5.10. The molecule has 0 radical (unpaired) electrons. The molecule has 0 fully saturated rings. The lowest BCUT2D eigenvalue weighted by Gasteiger charge is -2.10. The quantitative estimate of drug-likeness (QED) is 0.676. The summed E-state index contributed by atoms with van der Waals surface area (Å²) < 4.78 is 12.5. The number of hydrogen-bond acceptors (Lipinski definition) is 5. The molecule has 0 aliphatic rings. The third kappa shape index (κ3) is 3.53. The van der Waals surface area contributed by atoms with E-state index in [4.69, 9.17) is 15.2 Å². The number of esters is 1. The summed E-state index contributed by atoms with van der Waals surface area (Å²) in [4.78, 5) is 11.9. The van der Waals surface area contributed by atoms with Gasteiger partial charge in [-0.1, -0.05) is 0 Å².